The number of benzene rings is 12. The minimum atomic E-state index is -0.661. The number of aryl methyl sites for hydroxylation is 4. The largest absolute Gasteiger partial charge is 1.00 e. The summed E-state index contributed by atoms with van der Waals surface area (Å²) in [6.07, 6.45) is -0.585. The van der Waals surface area contributed by atoms with Gasteiger partial charge in [-0.1, -0.05) is 48.5 Å². The Morgan fingerprint density at radius 1 is 0.324 bits per heavy atom. The molecule has 0 fully saturated rings. The number of esters is 1. The molecular formula is C113H108AlLiN2O28. The monoisotopic (exact) mass is 1970 g/mol. The van der Waals surface area contributed by atoms with Crippen LogP contribution in [0.15, 0.2) is 255 Å². The van der Waals surface area contributed by atoms with Crippen molar-refractivity contribution in [2.24, 2.45) is 0 Å². The first-order chi connectivity index (χ1) is 68.8. The molecular weight excluding hydrogens is 1870 g/mol. The second kappa shape index (κ2) is 48.8. The summed E-state index contributed by atoms with van der Waals surface area (Å²) in [6, 6.07) is 63.5. The van der Waals surface area contributed by atoms with Crippen molar-refractivity contribution in [2.45, 2.75) is 66.9 Å². The van der Waals surface area contributed by atoms with Crippen LogP contribution < -0.4 is 109 Å². The third-order valence-corrected chi connectivity index (χ3v) is 24.1. The van der Waals surface area contributed by atoms with Gasteiger partial charge < -0.3 is 96.8 Å². The van der Waals surface area contributed by atoms with E-state index in [0.29, 0.717) is 169 Å². The fraction of sp³-hybridized carbons (Fsp3) is 0.204. The first-order valence-corrected chi connectivity index (χ1v) is 44.5. The molecule has 0 atom stereocenters. The number of ketones is 4. The van der Waals surface area contributed by atoms with Crippen molar-refractivity contribution in [3.05, 3.63) is 338 Å². The number of hydrogen-bond acceptors (Lipinski definition) is 29. The summed E-state index contributed by atoms with van der Waals surface area (Å²) in [7, 11) is 19.8. The van der Waals surface area contributed by atoms with Crippen molar-refractivity contribution in [1.29, 1.82) is 0 Å². The van der Waals surface area contributed by atoms with Crippen LogP contribution in [-0.2, 0) is 41.8 Å². The molecule has 0 bridgehead atoms. The van der Waals surface area contributed by atoms with Crippen LogP contribution in [-0.4, -0.2) is 150 Å². The standard InChI is InChI=1S/C29H27NO7.C29H26O8.C28H26O7.C27H25NO6.Al.Li.4H/c1-16-27(30-17(2)31)26(36-5)15-20-11-21(29(33)37-28(16)20)14-24(32)19-9-10-25(35-4)23(13-19)18-7-6-8-22(12-18)34-3;1-16-26(29(32)36-5)25(35-4)15-19-11-20(28(31)37-27(16)19)14-23(30)18-9-10-24(34-3)22(13-18)17-7-6-8-21(12-17)33-2;1-16-23(15-29)26(34-4)14-19-10-20(28(31)35-27(16)19)13-24(30)18-8-9-25(33-3)22(12-18)17-6-5-7-21(11-17)32-2;1-15-25(28)24(33-4)14-18-10-19(27(30)34-26(15)18)13-22(29)17-8-9-23(32-3)21(12-17)16-6-5-7-20(11-16)31-2;;;;;;/h6-13,15H,14H2,1-5H3,(H,30,31);6-13,15H,14H2,1-5H3;5-12,14,29H,13,15H2,1-4H3;5-12,14H,13,28H2,1-4H3;;;;;;/q;;;;;+1;;;;-1. The molecule has 32 heteroatoms. The van der Waals surface area contributed by atoms with Gasteiger partial charge in [0.05, 0.1) is 110 Å². The number of fused-ring (bicyclic) bond motifs is 4. The van der Waals surface area contributed by atoms with Crippen molar-refractivity contribution < 1.29 is 133 Å². The summed E-state index contributed by atoms with van der Waals surface area (Å²) in [5, 5.41) is 14.7. The summed E-state index contributed by atoms with van der Waals surface area (Å²) >= 11 is 0. The van der Waals surface area contributed by atoms with Gasteiger partial charge >= 0.3 is 47.3 Å². The maximum absolute atomic E-state index is 13.3. The number of nitrogens with two attached hydrogens (primary N) is 1. The molecule has 0 aliphatic heterocycles. The van der Waals surface area contributed by atoms with Gasteiger partial charge in [0.25, 0.3) is 0 Å². The predicted octanol–water partition coefficient (Wildman–Crippen LogP) is 15.6. The molecule has 0 spiro atoms. The van der Waals surface area contributed by atoms with Crippen molar-refractivity contribution in [3.63, 3.8) is 0 Å². The zero-order chi connectivity index (χ0) is 103. The van der Waals surface area contributed by atoms with Gasteiger partial charge in [0.1, 0.15) is 96.9 Å². The average Bonchev–Trinajstić information content (AvgIpc) is 0.771. The Balaban J connectivity index is 0.000000198. The summed E-state index contributed by atoms with van der Waals surface area (Å²) in [4.78, 5) is 128. The van der Waals surface area contributed by atoms with Crippen LogP contribution in [0.4, 0.5) is 11.4 Å². The van der Waals surface area contributed by atoms with Gasteiger partial charge in [0, 0.05) is 149 Å². The fourth-order valence-corrected chi connectivity index (χ4v) is 16.6. The van der Waals surface area contributed by atoms with E-state index in [0.717, 1.165) is 38.9 Å². The molecule has 16 rings (SSSR count). The summed E-state index contributed by atoms with van der Waals surface area (Å²) in [6.45, 7) is 8.01. The molecule has 0 unspecified atom stereocenters. The molecule has 0 saturated carbocycles. The number of aliphatic hydroxyl groups is 1. The van der Waals surface area contributed by atoms with Crippen LogP contribution in [0.1, 0.15) is 110 Å². The molecule has 16 aromatic rings. The Bertz CT molecular complexity index is 7920. The van der Waals surface area contributed by atoms with Gasteiger partial charge in [-0.05, 0) is 220 Å². The first kappa shape index (κ1) is 109. The summed E-state index contributed by atoms with van der Waals surface area (Å²) in [5.41, 5.74) is 17.5. The topological polar surface area (TPSA) is 402 Å². The van der Waals surface area contributed by atoms with E-state index in [9.17, 15) is 53.1 Å². The SMILES string of the molecule is COC(=O)c1c(OC)cc2cc(CC(=O)c3ccc(OC)c(-c4cccc(OC)c4)c3)c(=O)oc2c1C.COc1cccc(-c2cc(C(=O)Cc3cc4cc(OC)c(CO)c(C)c4oc3=O)ccc2OC)c1.COc1cccc(-c2cc(C(=O)Cc3cc4cc(OC)c(N)c(C)c4oc3=O)ccc2OC)c1.COc1cccc(-c2cc(C(=O)Cc3cc4cc(OC)c(NC(C)=O)c(C)c4oc3=O)ccc2OC)c1.[AlH3].[H-].[Li+]. The van der Waals surface area contributed by atoms with Gasteiger partial charge in [0.2, 0.25) is 5.91 Å². The van der Waals surface area contributed by atoms with Gasteiger partial charge in [-0.2, -0.15) is 0 Å². The molecule has 0 aliphatic carbocycles. The number of Topliss-reactive ketones (excluding diaryl/α,β-unsaturated/α-hetero) is 4. The molecule has 30 nitrogen and oxygen atoms in total. The third-order valence-electron chi connectivity index (χ3n) is 24.1. The van der Waals surface area contributed by atoms with Crippen LogP contribution in [0.2, 0.25) is 0 Å². The van der Waals surface area contributed by atoms with Crippen molar-refractivity contribution >= 4 is 108 Å². The zero-order valence-electron chi connectivity index (χ0n) is 83.9. The number of carbonyl (C=O) groups is 6. The van der Waals surface area contributed by atoms with Crippen molar-refractivity contribution in [1.82, 2.24) is 0 Å². The van der Waals surface area contributed by atoms with Gasteiger partial charge in [-0.3, -0.25) is 24.0 Å². The Morgan fingerprint density at radius 3 is 0.883 bits per heavy atom. The average molecular weight is 1980 g/mol. The fourth-order valence-electron chi connectivity index (χ4n) is 16.6. The van der Waals surface area contributed by atoms with Gasteiger partial charge in [-0.25, -0.2) is 24.0 Å². The molecule has 0 radical (unpaired) electrons. The molecule has 4 N–H and O–H groups in total. The van der Waals surface area contributed by atoms with E-state index in [1.807, 2.05) is 97.1 Å². The van der Waals surface area contributed by atoms with E-state index >= 15 is 0 Å². The number of nitrogens with one attached hydrogen (secondary N) is 1. The molecule has 0 aliphatic rings. The van der Waals surface area contributed by atoms with E-state index in [1.54, 1.807) is 206 Å². The number of carbonyl (C=O) groups excluding carboxylic acids is 6. The van der Waals surface area contributed by atoms with Crippen molar-refractivity contribution in [3.8, 4) is 114 Å². The Kier molecular flexibility index (Phi) is 36.7. The number of methoxy groups -OCH3 is 13. The van der Waals surface area contributed by atoms with E-state index < -0.39 is 28.5 Å². The number of anilines is 2. The van der Waals surface area contributed by atoms with E-state index in [1.165, 1.54) is 42.5 Å². The smallest absolute Gasteiger partial charge is 1.00 e. The Morgan fingerprint density at radius 2 is 0.600 bits per heavy atom. The number of hydrogen-bond donors (Lipinski definition) is 3. The summed E-state index contributed by atoms with van der Waals surface area (Å²) in [5.74, 6) is 4.96. The molecule has 4 heterocycles. The van der Waals surface area contributed by atoms with E-state index in [-0.39, 0.29) is 138 Å². The van der Waals surface area contributed by atoms with Crippen LogP contribution in [0.3, 0.4) is 0 Å². The molecule has 12 aromatic carbocycles. The predicted molar refractivity (Wildman–Crippen MR) is 554 cm³/mol. The van der Waals surface area contributed by atoms with Crippen molar-refractivity contribution in [2.75, 3.05) is 103 Å². The maximum Gasteiger partial charge on any atom is 1.00 e. The molecule has 4 aromatic heterocycles. The molecule has 1 amide bonds. The Labute approximate surface area is 857 Å². The second-order valence-electron chi connectivity index (χ2n) is 32.7. The second-order valence-corrected chi connectivity index (χ2v) is 32.7. The van der Waals surface area contributed by atoms with E-state index in [2.05, 4.69) is 5.32 Å². The number of aliphatic hydroxyl groups excluding tert-OH is 1. The number of nitrogen functional groups attached to an aromatic ring is 1. The Hall–Kier alpha value is -16.4. The van der Waals surface area contributed by atoms with Gasteiger partial charge in [-0.15, -0.1) is 0 Å². The van der Waals surface area contributed by atoms with E-state index in [4.69, 9.17) is 85.0 Å². The normalized spacial score (nSPS) is 10.6. The minimum absolute atomic E-state index is 0. The molecule has 742 valence electrons. The molecule has 0 saturated heterocycles. The van der Waals surface area contributed by atoms with Gasteiger partial charge in [0.15, 0.2) is 40.5 Å². The number of ether oxygens (including phenoxy) is 13. The molecule has 145 heavy (non-hydrogen) atoms. The third kappa shape index (κ3) is 24.3. The van der Waals surface area contributed by atoms with Crippen LogP contribution in [0.5, 0.6) is 69.0 Å². The van der Waals surface area contributed by atoms with Crippen LogP contribution in [0.25, 0.3) is 88.4 Å². The van der Waals surface area contributed by atoms with Crippen LogP contribution in [0, 0.1) is 27.7 Å². The first-order valence-electron chi connectivity index (χ1n) is 44.5. The maximum atomic E-state index is 13.3. The zero-order valence-corrected chi connectivity index (χ0v) is 82.9. The number of amides is 1. The number of rotatable bonds is 31. The van der Waals surface area contributed by atoms with Crippen LogP contribution >= 0.6 is 0 Å². The minimum Gasteiger partial charge on any atom is -1.00 e. The summed E-state index contributed by atoms with van der Waals surface area (Å²) < 4.78 is 91.8. The quantitative estimate of drug-likeness (QED) is 0.0119.